The summed E-state index contributed by atoms with van der Waals surface area (Å²) in [6, 6.07) is 10.8. The standard InChI is InChI=1S/C21H17F3N2O5/c22-21(23,24)15-4-2-1-3-13(15)16-7-11-5-6-12(8-14(11)19(29)25-16)26-9-18(17(28)10-27)31-20(26)30/h1-8,17-18,27-28H,9-10H2,(H,25,29)/t17-,18?/m0/s1. The number of aromatic nitrogens is 1. The number of cyclic esters (lactones) is 1. The number of aliphatic hydroxyl groups excluding tert-OH is 2. The molecule has 2 aromatic carbocycles. The zero-order valence-corrected chi connectivity index (χ0v) is 15.9. The number of pyridine rings is 1. The Morgan fingerprint density at radius 2 is 1.90 bits per heavy atom. The zero-order valence-electron chi connectivity index (χ0n) is 15.9. The molecule has 31 heavy (non-hydrogen) atoms. The third-order valence-electron chi connectivity index (χ3n) is 5.12. The van der Waals surface area contributed by atoms with Crippen LogP contribution in [0.25, 0.3) is 22.0 Å². The molecule has 1 fully saturated rings. The van der Waals surface area contributed by atoms with Gasteiger partial charge in [0.2, 0.25) is 0 Å². The molecular formula is C21H17F3N2O5. The van der Waals surface area contributed by atoms with Gasteiger partial charge >= 0.3 is 12.3 Å². The molecule has 7 nitrogen and oxygen atoms in total. The number of H-pyrrole nitrogens is 1. The second-order valence-electron chi connectivity index (χ2n) is 7.11. The lowest BCUT2D eigenvalue weighted by molar-refractivity contribution is -0.137. The Morgan fingerprint density at radius 3 is 2.61 bits per heavy atom. The van der Waals surface area contributed by atoms with E-state index in [4.69, 9.17) is 9.84 Å². The van der Waals surface area contributed by atoms with Gasteiger partial charge < -0.3 is 19.9 Å². The number of benzene rings is 2. The summed E-state index contributed by atoms with van der Waals surface area (Å²) in [4.78, 5) is 28.5. The Kier molecular flexibility index (Phi) is 5.19. The molecule has 2 heterocycles. The molecule has 1 aliphatic rings. The molecule has 0 radical (unpaired) electrons. The maximum atomic E-state index is 13.4. The maximum Gasteiger partial charge on any atom is 0.417 e. The molecule has 1 aliphatic heterocycles. The van der Waals surface area contributed by atoms with Crippen molar-refractivity contribution in [3.63, 3.8) is 0 Å². The van der Waals surface area contributed by atoms with E-state index in [1.54, 1.807) is 0 Å². The van der Waals surface area contributed by atoms with E-state index in [0.717, 1.165) is 6.07 Å². The number of nitrogens with one attached hydrogen (secondary N) is 1. The Labute approximate surface area is 173 Å². The molecule has 0 saturated carbocycles. The number of ether oxygens (including phenoxy) is 1. The number of carbonyl (C=O) groups is 1. The third-order valence-corrected chi connectivity index (χ3v) is 5.12. The highest BCUT2D eigenvalue weighted by molar-refractivity contribution is 5.94. The number of amides is 1. The van der Waals surface area contributed by atoms with Crippen molar-refractivity contribution in [1.82, 2.24) is 4.98 Å². The van der Waals surface area contributed by atoms with Crippen LogP contribution in [0.1, 0.15) is 5.56 Å². The van der Waals surface area contributed by atoms with Gasteiger partial charge in [0.1, 0.15) is 12.2 Å². The lowest BCUT2D eigenvalue weighted by Crippen LogP contribution is -2.33. The molecule has 1 unspecified atom stereocenters. The van der Waals surface area contributed by atoms with E-state index in [0.29, 0.717) is 11.1 Å². The topological polar surface area (TPSA) is 103 Å². The van der Waals surface area contributed by atoms with Crippen molar-refractivity contribution in [2.45, 2.75) is 18.4 Å². The fraction of sp³-hybridized carbons (Fsp3) is 0.238. The van der Waals surface area contributed by atoms with E-state index in [1.165, 1.54) is 47.4 Å². The Balaban J connectivity index is 1.74. The smallest absolute Gasteiger partial charge is 0.417 e. The van der Waals surface area contributed by atoms with Crippen LogP contribution in [-0.4, -0.2) is 46.6 Å². The number of hydrogen-bond donors (Lipinski definition) is 3. The van der Waals surface area contributed by atoms with Gasteiger partial charge in [-0.05, 0) is 29.7 Å². The first-order chi connectivity index (χ1) is 14.7. The summed E-state index contributed by atoms with van der Waals surface area (Å²) >= 11 is 0. The summed E-state index contributed by atoms with van der Waals surface area (Å²) in [5.74, 6) is 0. The molecule has 1 aromatic heterocycles. The first kappa shape index (κ1) is 20.9. The summed E-state index contributed by atoms with van der Waals surface area (Å²) in [6.07, 6.45) is -7.50. The number of hydrogen-bond acceptors (Lipinski definition) is 5. The number of nitrogens with zero attached hydrogens (tertiary/aromatic N) is 1. The average Bonchev–Trinajstić information content (AvgIpc) is 3.14. The van der Waals surface area contributed by atoms with Gasteiger partial charge in [0.25, 0.3) is 5.56 Å². The zero-order chi connectivity index (χ0) is 22.3. The summed E-state index contributed by atoms with van der Waals surface area (Å²) in [7, 11) is 0. The Bertz CT molecular complexity index is 1210. The highest BCUT2D eigenvalue weighted by atomic mass is 19.4. The van der Waals surface area contributed by atoms with Gasteiger partial charge in [0.05, 0.1) is 18.7 Å². The highest BCUT2D eigenvalue weighted by Gasteiger charge is 2.37. The molecule has 162 valence electrons. The van der Waals surface area contributed by atoms with Crippen molar-refractivity contribution in [2.24, 2.45) is 0 Å². The second-order valence-corrected chi connectivity index (χ2v) is 7.11. The molecule has 10 heteroatoms. The van der Waals surface area contributed by atoms with Crippen LogP contribution in [0.3, 0.4) is 0 Å². The molecule has 0 aliphatic carbocycles. The number of halogens is 3. The van der Waals surface area contributed by atoms with E-state index in [2.05, 4.69) is 4.98 Å². The highest BCUT2D eigenvalue weighted by Crippen LogP contribution is 2.36. The second kappa shape index (κ2) is 7.71. The van der Waals surface area contributed by atoms with Crippen molar-refractivity contribution in [3.05, 3.63) is 64.4 Å². The van der Waals surface area contributed by atoms with E-state index < -0.39 is 42.2 Å². The van der Waals surface area contributed by atoms with Gasteiger partial charge in [0, 0.05) is 22.3 Å². The van der Waals surface area contributed by atoms with Crippen molar-refractivity contribution < 1.29 is 32.9 Å². The Morgan fingerprint density at radius 1 is 1.16 bits per heavy atom. The van der Waals surface area contributed by atoms with Gasteiger partial charge in [-0.1, -0.05) is 24.3 Å². The largest absolute Gasteiger partial charge is 0.441 e. The van der Waals surface area contributed by atoms with E-state index >= 15 is 0 Å². The molecule has 3 aromatic rings. The van der Waals surface area contributed by atoms with Gasteiger partial charge in [-0.2, -0.15) is 13.2 Å². The van der Waals surface area contributed by atoms with Gasteiger partial charge in [-0.15, -0.1) is 0 Å². The van der Waals surface area contributed by atoms with E-state index in [9.17, 15) is 27.9 Å². The monoisotopic (exact) mass is 434 g/mol. The first-order valence-electron chi connectivity index (χ1n) is 9.30. The first-order valence-corrected chi connectivity index (χ1v) is 9.30. The van der Waals surface area contributed by atoms with Crippen molar-refractivity contribution in [3.8, 4) is 11.3 Å². The quantitative estimate of drug-likeness (QED) is 0.586. The predicted molar refractivity (Wildman–Crippen MR) is 106 cm³/mol. The fourth-order valence-electron chi connectivity index (χ4n) is 3.54. The molecule has 0 bridgehead atoms. The van der Waals surface area contributed by atoms with Crippen molar-refractivity contribution >= 4 is 22.6 Å². The van der Waals surface area contributed by atoms with Gasteiger partial charge in [-0.25, -0.2) is 4.79 Å². The molecule has 4 rings (SSSR count). The average molecular weight is 434 g/mol. The Hall–Kier alpha value is -3.37. The summed E-state index contributed by atoms with van der Waals surface area (Å²) in [5, 5.41) is 19.3. The number of aromatic amines is 1. The van der Waals surface area contributed by atoms with Crippen LogP contribution in [-0.2, 0) is 10.9 Å². The van der Waals surface area contributed by atoms with Crippen LogP contribution < -0.4 is 10.5 Å². The van der Waals surface area contributed by atoms with E-state index in [-0.39, 0.29) is 23.2 Å². The molecular weight excluding hydrogens is 417 g/mol. The molecule has 1 saturated heterocycles. The minimum atomic E-state index is -4.59. The maximum absolute atomic E-state index is 13.4. The van der Waals surface area contributed by atoms with Gasteiger partial charge in [-0.3, -0.25) is 9.69 Å². The summed E-state index contributed by atoms with van der Waals surface area (Å²) in [5.41, 5.74) is -1.30. The number of alkyl halides is 3. The van der Waals surface area contributed by atoms with Crippen LogP contribution in [0.4, 0.5) is 23.7 Å². The molecule has 1 amide bonds. The van der Waals surface area contributed by atoms with Crippen molar-refractivity contribution in [2.75, 3.05) is 18.1 Å². The van der Waals surface area contributed by atoms with Crippen LogP contribution in [0.5, 0.6) is 0 Å². The number of carbonyl (C=O) groups excluding carboxylic acids is 1. The minimum absolute atomic E-state index is 0.0184. The number of anilines is 1. The number of aliphatic hydroxyl groups is 2. The fourth-order valence-corrected chi connectivity index (χ4v) is 3.54. The van der Waals surface area contributed by atoms with Crippen molar-refractivity contribution in [1.29, 1.82) is 0 Å². The van der Waals surface area contributed by atoms with Crippen LogP contribution in [0.2, 0.25) is 0 Å². The normalized spacial score (nSPS) is 17.8. The van der Waals surface area contributed by atoms with Crippen LogP contribution in [0.15, 0.2) is 53.3 Å². The lowest BCUT2D eigenvalue weighted by atomic mass is 10.0. The van der Waals surface area contributed by atoms with Crippen LogP contribution in [0, 0.1) is 0 Å². The molecule has 2 atom stereocenters. The lowest BCUT2D eigenvalue weighted by Gasteiger charge is -2.16. The molecule has 0 spiro atoms. The number of rotatable bonds is 4. The SMILES string of the molecule is O=C1OC([C@@H](O)CO)CN1c1ccc2cc(-c3ccccc3C(F)(F)F)[nH]c(=O)c2c1. The third kappa shape index (κ3) is 3.87. The summed E-state index contributed by atoms with van der Waals surface area (Å²) in [6.45, 7) is -0.605. The van der Waals surface area contributed by atoms with Crippen LogP contribution >= 0.6 is 0 Å². The number of fused-ring (bicyclic) bond motifs is 1. The van der Waals surface area contributed by atoms with Gasteiger partial charge in [0.15, 0.2) is 0 Å². The summed E-state index contributed by atoms with van der Waals surface area (Å²) < 4.78 is 45.1. The predicted octanol–water partition coefficient (Wildman–Crippen LogP) is 2.89. The van der Waals surface area contributed by atoms with E-state index in [1.807, 2.05) is 0 Å². The molecule has 3 N–H and O–H groups in total. The minimum Gasteiger partial charge on any atom is -0.441 e.